The maximum absolute atomic E-state index is 13.2. The molecule has 3 aromatic rings. The first-order valence-corrected chi connectivity index (χ1v) is 12.6. The van der Waals surface area contributed by atoms with Gasteiger partial charge in [-0.15, -0.1) is 0 Å². The van der Waals surface area contributed by atoms with Crippen LogP contribution >= 0.6 is 34.4 Å². The number of halogens is 2. The summed E-state index contributed by atoms with van der Waals surface area (Å²) in [5.41, 5.74) is 1.94. The van der Waals surface area contributed by atoms with Crippen molar-refractivity contribution in [1.82, 2.24) is 4.90 Å². The molecule has 3 amide bonds. The highest BCUT2D eigenvalue weighted by Crippen LogP contribution is 2.37. The van der Waals surface area contributed by atoms with Crippen LogP contribution in [0.5, 0.6) is 11.5 Å². The minimum Gasteiger partial charge on any atom is -0.493 e. The maximum Gasteiger partial charge on any atom is 0.293 e. The average molecular weight is 618 g/mol. The quantitative estimate of drug-likeness (QED) is 0.258. The van der Waals surface area contributed by atoms with E-state index in [1.54, 1.807) is 30.3 Å². The molecule has 3 aromatic carbocycles. The molecule has 1 saturated heterocycles. The Kier molecular flexibility index (Phi) is 8.26. The first-order valence-electron chi connectivity index (χ1n) is 10.7. The van der Waals surface area contributed by atoms with Gasteiger partial charge in [-0.3, -0.25) is 19.3 Å². The van der Waals surface area contributed by atoms with Crippen LogP contribution in [0.15, 0.2) is 71.6 Å². The summed E-state index contributed by atoms with van der Waals surface area (Å²) in [4.78, 5) is 38.9. The normalized spacial score (nSPS) is 14.3. The molecule has 1 fully saturated rings. The number of nitrogens with one attached hydrogen (secondary N) is 1. The van der Waals surface area contributed by atoms with E-state index in [4.69, 9.17) is 9.47 Å². The largest absolute Gasteiger partial charge is 0.493 e. The standard InChI is InChI=1S/C26H20FIN2O5S/c1-34-21-12-17(11-20(28)24(21)35-15-23(31)29-19-5-3-2-4-6-19)13-22-25(32)30(26(33)36-22)14-16-7-9-18(27)10-8-16/h2-13H,14-15H2,1H3,(H,29,31)/b22-13-. The van der Waals surface area contributed by atoms with Crippen molar-refractivity contribution in [2.24, 2.45) is 0 Å². The number of hydrogen-bond acceptors (Lipinski definition) is 6. The molecule has 0 unspecified atom stereocenters. The van der Waals surface area contributed by atoms with Gasteiger partial charge in [0.25, 0.3) is 17.1 Å². The third-order valence-corrected chi connectivity index (χ3v) is 6.79. The molecule has 1 N–H and O–H groups in total. The molecule has 0 atom stereocenters. The van der Waals surface area contributed by atoms with Gasteiger partial charge < -0.3 is 14.8 Å². The third kappa shape index (κ3) is 6.24. The lowest BCUT2D eigenvalue weighted by atomic mass is 10.1. The van der Waals surface area contributed by atoms with Crippen LogP contribution in [-0.2, 0) is 16.1 Å². The fraction of sp³-hybridized carbons (Fsp3) is 0.115. The van der Waals surface area contributed by atoms with Crippen LogP contribution in [0.2, 0.25) is 0 Å². The number of ether oxygens (including phenoxy) is 2. The molecule has 0 radical (unpaired) electrons. The molecular weight excluding hydrogens is 598 g/mol. The molecule has 1 aliphatic heterocycles. The number of hydrogen-bond donors (Lipinski definition) is 1. The summed E-state index contributed by atoms with van der Waals surface area (Å²) in [5.74, 6) is -0.367. The highest BCUT2D eigenvalue weighted by atomic mass is 127. The van der Waals surface area contributed by atoms with E-state index in [-0.39, 0.29) is 29.8 Å². The fourth-order valence-corrected chi connectivity index (χ4v) is 5.00. The van der Waals surface area contributed by atoms with Crippen LogP contribution in [0.3, 0.4) is 0 Å². The zero-order valence-corrected chi connectivity index (χ0v) is 22.0. The molecule has 0 aliphatic carbocycles. The van der Waals surface area contributed by atoms with E-state index >= 15 is 0 Å². The monoisotopic (exact) mass is 618 g/mol. The Bertz CT molecular complexity index is 1330. The van der Waals surface area contributed by atoms with E-state index in [1.165, 1.54) is 31.4 Å². The van der Waals surface area contributed by atoms with Crippen LogP contribution in [0, 0.1) is 9.39 Å². The van der Waals surface area contributed by atoms with Crippen molar-refractivity contribution in [1.29, 1.82) is 0 Å². The van der Waals surface area contributed by atoms with Crippen molar-refractivity contribution in [2.75, 3.05) is 19.0 Å². The summed E-state index contributed by atoms with van der Waals surface area (Å²) < 4.78 is 25.0. The second-order valence-electron chi connectivity index (χ2n) is 7.63. The molecule has 0 bridgehead atoms. The Morgan fingerprint density at radius 1 is 1.11 bits per heavy atom. The van der Waals surface area contributed by atoms with Gasteiger partial charge in [-0.25, -0.2) is 4.39 Å². The zero-order valence-electron chi connectivity index (χ0n) is 19.0. The smallest absolute Gasteiger partial charge is 0.293 e. The van der Waals surface area contributed by atoms with Gasteiger partial charge in [0.1, 0.15) is 5.82 Å². The Balaban J connectivity index is 1.46. The molecule has 1 aliphatic rings. The van der Waals surface area contributed by atoms with Gasteiger partial charge in [0.2, 0.25) is 0 Å². The van der Waals surface area contributed by atoms with Gasteiger partial charge in [0.05, 0.1) is 22.1 Å². The molecular formula is C26H20FIN2O5S. The first kappa shape index (κ1) is 25.7. The summed E-state index contributed by atoms with van der Waals surface area (Å²) in [6, 6.07) is 18.1. The number of rotatable bonds is 8. The van der Waals surface area contributed by atoms with Crippen LogP contribution in [0.1, 0.15) is 11.1 Å². The number of benzene rings is 3. The second kappa shape index (κ2) is 11.6. The predicted molar refractivity (Wildman–Crippen MR) is 144 cm³/mol. The number of carbonyl (C=O) groups excluding carboxylic acids is 3. The summed E-state index contributed by atoms with van der Waals surface area (Å²) in [6.45, 7) is -0.163. The van der Waals surface area contributed by atoms with Gasteiger partial charge in [0.15, 0.2) is 18.1 Å². The molecule has 36 heavy (non-hydrogen) atoms. The molecule has 7 nitrogen and oxygen atoms in total. The Morgan fingerprint density at radius 2 is 1.83 bits per heavy atom. The number of nitrogens with zero attached hydrogens (tertiary/aromatic N) is 1. The van der Waals surface area contributed by atoms with Crippen molar-refractivity contribution < 1.29 is 28.2 Å². The Hall–Kier alpha value is -3.38. The maximum atomic E-state index is 13.2. The minimum absolute atomic E-state index is 0.0565. The lowest BCUT2D eigenvalue weighted by molar-refractivity contribution is -0.123. The number of imide groups is 1. The number of carbonyl (C=O) groups is 3. The number of thioether (sulfide) groups is 1. The van der Waals surface area contributed by atoms with Gasteiger partial charge in [-0.1, -0.05) is 30.3 Å². The van der Waals surface area contributed by atoms with Crippen LogP contribution in [0.25, 0.3) is 6.08 Å². The zero-order chi connectivity index (χ0) is 25.7. The van der Waals surface area contributed by atoms with Crippen molar-refractivity contribution >= 4 is 63.2 Å². The van der Waals surface area contributed by atoms with Crippen LogP contribution in [0.4, 0.5) is 14.9 Å². The number of para-hydroxylation sites is 1. The highest BCUT2D eigenvalue weighted by Gasteiger charge is 2.35. The molecule has 184 valence electrons. The molecule has 0 spiro atoms. The van der Waals surface area contributed by atoms with E-state index in [9.17, 15) is 18.8 Å². The summed E-state index contributed by atoms with van der Waals surface area (Å²) in [6.07, 6.45) is 1.60. The van der Waals surface area contributed by atoms with Crippen molar-refractivity contribution in [3.05, 3.63) is 92.1 Å². The summed E-state index contributed by atoms with van der Waals surface area (Å²) in [7, 11) is 1.47. The van der Waals surface area contributed by atoms with E-state index < -0.39 is 11.1 Å². The van der Waals surface area contributed by atoms with E-state index in [0.29, 0.717) is 31.9 Å². The van der Waals surface area contributed by atoms with Gasteiger partial charge >= 0.3 is 0 Å². The van der Waals surface area contributed by atoms with E-state index in [1.807, 2.05) is 18.2 Å². The first-order chi connectivity index (χ1) is 17.3. The van der Waals surface area contributed by atoms with Gasteiger partial charge in [-0.05, 0) is 88.0 Å². The summed E-state index contributed by atoms with van der Waals surface area (Å²) >= 11 is 2.89. The lowest BCUT2D eigenvalue weighted by Crippen LogP contribution is -2.27. The third-order valence-electron chi connectivity index (χ3n) is 5.08. The lowest BCUT2D eigenvalue weighted by Gasteiger charge is -2.14. The average Bonchev–Trinajstić information content (AvgIpc) is 3.12. The number of methoxy groups -OCH3 is 1. The van der Waals surface area contributed by atoms with Crippen molar-refractivity contribution in [2.45, 2.75) is 6.54 Å². The SMILES string of the molecule is COc1cc(/C=C2\SC(=O)N(Cc3ccc(F)cc3)C2=O)cc(I)c1OCC(=O)Nc1ccccc1. The second-order valence-corrected chi connectivity index (χ2v) is 9.79. The van der Waals surface area contributed by atoms with Crippen molar-refractivity contribution in [3.63, 3.8) is 0 Å². The van der Waals surface area contributed by atoms with Crippen molar-refractivity contribution in [3.8, 4) is 11.5 Å². The molecule has 0 aromatic heterocycles. The number of anilines is 1. The van der Waals surface area contributed by atoms with Crippen LogP contribution in [-0.4, -0.2) is 35.7 Å². The topological polar surface area (TPSA) is 84.9 Å². The van der Waals surface area contributed by atoms with E-state index in [2.05, 4.69) is 27.9 Å². The number of amides is 3. The Labute approximate surface area is 224 Å². The van der Waals surface area contributed by atoms with Crippen LogP contribution < -0.4 is 14.8 Å². The highest BCUT2D eigenvalue weighted by molar-refractivity contribution is 14.1. The molecule has 0 saturated carbocycles. The minimum atomic E-state index is -0.429. The fourth-order valence-electron chi connectivity index (χ4n) is 3.38. The van der Waals surface area contributed by atoms with Gasteiger partial charge in [-0.2, -0.15) is 0 Å². The molecule has 4 rings (SSSR count). The van der Waals surface area contributed by atoms with Gasteiger partial charge in [0, 0.05) is 5.69 Å². The Morgan fingerprint density at radius 3 is 2.53 bits per heavy atom. The predicted octanol–water partition coefficient (Wildman–Crippen LogP) is 5.69. The van der Waals surface area contributed by atoms with E-state index in [0.717, 1.165) is 16.7 Å². The molecule has 1 heterocycles. The summed E-state index contributed by atoms with van der Waals surface area (Å²) in [5, 5.41) is 2.35. The molecule has 10 heteroatoms.